The number of ether oxygens (including phenoxy) is 4. The maximum atomic E-state index is 15.7. The van der Waals surface area contributed by atoms with E-state index in [1.54, 1.807) is 27.4 Å². The Bertz CT molecular complexity index is 1660. The largest absolute Gasteiger partial charge is 0.508 e. The van der Waals surface area contributed by atoms with Crippen molar-refractivity contribution in [2.24, 2.45) is 22.7 Å². The number of benzene rings is 3. The monoisotopic (exact) mass is 639 g/mol. The molecule has 1 spiro atoms. The Morgan fingerprint density at radius 2 is 1.68 bits per heavy atom. The number of aryl methyl sites for hydroxylation is 1. The molecule has 7 rings (SSSR count). The van der Waals surface area contributed by atoms with Crippen LogP contribution in [0.5, 0.6) is 23.0 Å². The Labute approximate surface area is 276 Å². The van der Waals surface area contributed by atoms with Gasteiger partial charge in [0.05, 0.1) is 33.4 Å². The average molecular weight is 640 g/mol. The van der Waals surface area contributed by atoms with E-state index < -0.39 is 28.8 Å². The molecule has 248 valence electrons. The van der Waals surface area contributed by atoms with Crippen molar-refractivity contribution in [2.75, 3.05) is 27.9 Å². The first-order valence-corrected chi connectivity index (χ1v) is 16.9. The number of phenolic OH excluding ortho intramolecular Hbond substituents is 1. The van der Waals surface area contributed by atoms with Crippen molar-refractivity contribution in [1.29, 1.82) is 0 Å². The quantitative estimate of drug-likeness (QED) is 0.283. The number of carbonyl (C=O) groups excluding carboxylic acids is 2. The maximum absolute atomic E-state index is 15.7. The van der Waals surface area contributed by atoms with Crippen molar-refractivity contribution in [1.82, 2.24) is 5.32 Å². The summed E-state index contributed by atoms with van der Waals surface area (Å²) < 4.78 is 22.9. The summed E-state index contributed by atoms with van der Waals surface area (Å²) in [6, 6.07) is 18.4. The number of methoxy groups -OCH3 is 3. The lowest BCUT2D eigenvalue weighted by Gasteiger charge is -2.48. The topological polar surface area (TPSA) is 103 Å². The first-order chi connectivity index (χ1) is 22.7. The average Bonchev–Trinajstić information content (AvgIpc) is 3.55. The van der Waals surface area contributed by atoms with Gasteiger partial charge < -0.3 is 24.1 Å². The number of aromatic hydroxyl groups is 1. The van der Waals surface area contributed by atoms with Crippen molar-refractivity contribution < 1.29 is 33.6 Å². The summed E-state index contributed by atoms with van der Waals surface area (Å²) in [6.07, 6.45) is 4.16. The zero-order valence-corrected chi connectivity index (χ0v) is 27.9. The van der Waals surface area contributed by atoms with Gasteiger partial charge in [-0.05, 0) is 103 Å². The molecule has 8 nitrogen and oxygen atoms in total. The number of phenols is 1. The minimum Gasteiger partial charge on any atom is -0.508 e. The van der Waals surface area contributed by atoms with Crippen LogP contribution in [0.1, 0.15) is 79.7 Å². The third-order valence-electron chi connectivity index (χ3n) is 12.1. The zero-order valence-electron chi connectivity index (χ0n) is 27.9. The lowest BCUT2D eigenvalue weighted by Crippen LogP contribution is -2.45. The first-order valence-electron chi connectivity index (χ1n) is 16.9. The molecule has 3 aromatic rings. The van der Waals surface area contributed by atoms with Gasteiger partial charge in [-0.25, -0.2) is 0 Å². The van der Waals surface area contributed by atoms with Crippen molar-refractivity contribution in [2.45, 2.75) is 69.9 Å². The summed E-state index contributed by atoms with van der Waals surface area (Å²) in [6.45, 7) is 4.24. The SMILES string of the molecule is CCOC(=O)[C@H]1N[C@@H](c2cc(OC)c(OC)c(OC)c2)[C@]2(C[C@@H]3[C@H]4CCc5cc(O)ccc5[C@@H]4CC[C@@]3(C)C2=O)[C@@H]1c1ccccc1. The van der Waals surface area contributed by atoms with E-state index in [2.05, 4.69) is 18.3 Å². The van der Waals surface area contributed by atoms with Crippen LogP contribution in [0.2, 0.25) is 0 Å². The number of rotatable bonds is 7. The molecular weight excluding hydrogens is 594 g/mol. The Balaban J connectivity index is 1.43. The highest BCUT2D eigenvalue weighted by Gasteiger charge is 2.72. The maximum Gasteiger partial charge on any atom is 0.323 e. The standard InChI is InChI=1S/C39H45NO7/c1-6-47-36(42)33-32(22-10-8-7-9-11-22)39(35(40-33)24-19-30(44-3)34(46-5)31(20-24)45-4)21-29-28-14-12-23-18-25(41)13-15-26(23)27(28)16-17-38(29,2)37(39)43/h7-11,13,15,18-20,27-29,32-33,35,40-41H,6,12,14,16-17,21H2,1-5H3/t27-,28-,29+,32+,33-,35-,38+,39-/m0/s1. The minimum absolute atomic E-state index is 0.120. The Kier molecular flexibility index (Phi) is 7.98. The third-order valence-corrected chi connectivity index (χ3v) is 12.1. The molecule has 1 aliphatic heterocycles. The molecular formula is C39H45NO7. The van der Waals surface area contributed by atoms with Crippen LogP contribution >= 0.6 is 0 Å². The van der Waals surface area contributed by atoms with Crippen LogP contribution in [0.4, 0.5) is 0 Å². The van der Waals surface area contributed by atoms with Crippen LogP contribution in [0, 0.1) is 22.7 Å². The van der Waals surface area contributed by atoms with Crippen molar-refractivity contribution in [3.05, 3.63) is 82.9 Å². The second-order valence-electron chi connectivity index (χ2n) is 14.0. The smallest absolute Gasteiger partial charge is 0.323 e. The van der Waals surface area contributed by atoms with Crippen molar-refractivity contribution >= 4 is 11.8 Å². The summed E-state index contributed by atoms with van der Waals surface area (Å²) in [5.41, 5.74) is 2.77. The van der Waals surface area contributed by atoms with Gasteiger partial charge in [-0.1, -0.05) is 43.3 Å². The molecule has 1 saturated heterocycles. The van der Waals surface area contributed by atoms with Crippen LogP contribution in [0.3, 0.4) is 0 Å². The second-order valence-corrected chi connectivity index (χ2v) is 14.0. The fourth-order valence-electron chi connectivity index (χ4n) is 10.2. The lowest BCUT2D eigenvalue weighted by atomic mass is 9.55. The van der Waals surface area contributed by atoms with E-state index >= 15 is 4.79 Å². The Morgan fingerprint density at radius 1 is 0.957 bits per heavy atom. The fraction of sp³-hybridized carbons (Fsp3) is 0.487. The summed E-state index contributed by atoms with van der Waals surface area (Å²) in [5, 5.41) is 13.9. The van der Waals surface area contributed by atoms with Gasteiger partial charge in [0.15, 0.2) is 11.5 Å². The van der Waals surface area contributed by atoms with E-state index in [4.69, 9.17) is 18.9 Å². The summed E-state index contributed by atoms with van der Waals surface area (Å²) in [4.78, 5) is 29.6. The van der Waals surface area contributed by atoms with E-state index in [1.807, 2.05) is 55.5 Å². The van der Waals surface area contributed by atoms with Gasteiger partial charge in [-0.3, -0.25) is 14.9 Å². The van der Waals surface area contributed by atoms with E-state index in [9.17, 15) is 9.90 Å². The highest BCUT2D eigenvalue weighted by Crippen LogP contribution is 2.71. The second kappa shape index (κ2) is 11.9. The van der Waals surface area contributed by atoms with E-state index in [1.165, 1.54) is 11.1 Å². The molecule has 2 N–H and O–H groups in total. The molecule has 3 fully saturated rings. The number of nitrogens with one attached hydrogen (secondary N) is 1. The molecule has 0 aromatic heterocycles. The van der Waals surface area contributed by atoms with Crippen molar-refractivity contribution in [3.8, 4) is 23.0 Å². The van der Waals surface area contributed by atoms with Crippen LogP contribution in [0.25, 0.3) is 0 Å². The van der Waals surface area contributed by atoms with Gasteiger partial charge in [0.25, 0.3) is 0 Å². The Morgan fingerprint density at radius 3 is 2.34 bits per heavy atom. The normalized spacial score (nSPS) is 32.3. The number of hydrogen-bond acceptors (Lipinski definition) is 8. The first kappa shape index (κ1) is 31.6. The highest BCUT2D eigenvalue weighted by atomic mass is 16.5. The summed E-state index contributed by atoms with van der Waals surface area (Å²) in [7, 11) is 4.75. The van der Waals surface area contributed by atoms with Gasteiger partial charge in [-0.2, -0.15) is 0 Å². The molecule has 8 heteroatoms. The highest BCUT2D eigenvalue weighted by molar-refractivity contribution is 5.97. The molecule has 1 heterocycles. The molecule has 3 aromatic carbocycles. The van der Waals surface area contributed by atoms with E-state index in [-0.39, 0.29) is 24.3 Å². The van der Waals surface area contributed by atoms with Gasteiger partial charge in [0.1, 0.15) is 17.6 Å². The number of Topliss-reactive ketones (excluding diaryl/α,β-unsaturated/α-hetero) is 1. The molecule has 47 heavy (non-hydrogen) atoms. The Hall–Kier alpha value is -4.04. The predicted octanol–water partition coefficient (Wildman–Crippen LogP) is 6.50. The van der Waals surface area contributed by atoms with Crippen LogP contribution in [0.15, 0.2) is 60.7 Å². The van der Waals surface area contributed by atoms with Gasteiger partial charge >= 0.3 is 5.97 Å². The number of hydrogen-bond donors (Lipinski definition) is 2. The number of esters is 1. The van der Waals surface area contributed by atoms with E-state index in [0.29, 0.717) is 41.3 Å². The number of carbonyl (C=O) groups is 2. The van der Waals surface area contributed by atoms with E-state index in [0.717, 1.165) is 36.8 Å². The van der Waals surface area contributed by atoms with Crippen LogP contribution in [-0.4, -0.2) is 50.8 Å². The van der Waals surface area contributed by atoms with Crippen LogP contribution in [-0.2, 0) is 20.7 Å². The molecule has 0 bridgehead atoms. The molecule has 0 radical (unpaired) electrons. The van der Waals surface area contributed by atoms with Gasteiger partial charge in [0, 0.05) is 17.4 Å². The third kappa shape index (κ3) is 4.66. The molecule has 4 aliphatic rings. The van der Waals surface area contributed by atoms with Gasteiger partial charge in [-0.15, -0.1) is 0 Å². The molecule has 8 atom stereocenters. The molecule has 0 unspecified atom stereocenters. The summed E-state index contributed by atoms with van der Waals surface area (Å²) in [5.74, 6) is 1.94. The van der Waals surface area contributed by atoms with Gasteiger partial charge in [0.2, 0.25) is 5.75 Å². The zero-order chi connectivity index (χ0) is 33.1. The molecule has 0 amide bonds. The van der Waals surface area contributed by atoms with Crippen molar-refractivity contribution in [3.63, 3.8) is 0 Å². The molecule has 2 saturated carbocycles. The fourth-order valence-corrected chi connectivity index (χ4v) is 10.2. The molecule has 3 aliphatic carbocycles. The minimum atomic E-state index is -0.951. The predicted molar refractivity (Wildman–Crippen MR) is 177 cm³/mol. The number of fused-ring (bicyclic) bond motifs is 5. The van der Waals surface area contributed by atoms with Crippen LogP contribution < -0.4 is 19.5 Å². The lowest BCUT2D eigenvalue weighted by molar-refractivity contribution is -0.146. The summed E-state index contributed by atoms with van der Waals surface area (Å²) >= 11 is 0. The number of ketones is 1.